The van der Waals surface area contributed by atoms with Gasteiger partial charge in [0.25, 0.3) is 0 Å². The maximum absolute atomic E-state index is 5.75. The molecule has 2 unspecified atom stereocenters. The van der Waals surface area contributed by atoms with Gasteiger partial charge in [-0.1, -0.05) is 39.9 Å². The molecule has 1 aliphatic rings. The van der Waals surface area contributed by atoms with E-state index in [1.807, 2.05) is 0 Å². The van der Waals surface area contributed by atoms with Crippen LogP contribution in [0.3, 0.4) is 0 Å². The maximum atomic E-state index is 5.75. The Labute approximate surface area is 106 Å². The fourth-order valence-corrected chi connectivity index (χ4v) is 2.64. The Balaban J connectivity index is 2.40. The number of nitrogens with zero attached hydrogens (tertiary/aromatic N) is 1. The van der Waals surface area contributed by atoms with Crippen molar-refractivity contribution in [3.05, 3.63) is 0 Å². The van der Waals surface area contributed by atoms with Crippen LogP contribution in [0.5, 0.6) is 0 Å². The van der Waals surface area contributed by atoms with Crippen molar-refractivity contribution in [1.82, 2.24) is 4.90 Å². The lowest BCUT2D eigenvalue weighted by Crippen LogP contribution is -2.41. The number of hydrogen-bond acceptors (Lipinski definition) is 2. The fourth-order valence-electron chi connectivity index (χ4n) is 2.54. The molecule has 2 nitrogen and oxygen atoms in total. The molecule has 94 valence electrons. The molecular weight excluding hydrogens is 216 g/mol. The summed E-state index contributed by atoms with van der Waals surface area (Å²) in [5.41, 5.74) is 5.75. The highest BCUT2D eigenvalue weighted by Gasteiger charge is 2.25. The predicted octanol–water partition coefficient (Wildman–Crippen LogP) is 2.67. The average molecular weight is 242 g/mol. The van der Waals surface area contributed by atoms with Crippen molar-refractivity contribution >= 4 is 17.2 Å². The summed E-state index contributed by atoms with van der Waals surface area (Å²) in [5.74, 6) is 1.66. The smallest absolute Gasteiger partial charge is 0.0784 e. The zero-order chi connectivity index (χ0) is 12.3. The summed E-state index contributed by atoms with van der Waals surface area (Å²) in [7, 11) is 0. The van der Waals surface area contributed by atoms with Crippen molar-refractivity contribution in [3.8, 4) is 0 Å². The number of hydrogen-bond donors (Lipinski definition) is 1. The second-order valence-electron chi connectivity index (χ2n) is 6.20. The van der Waals surface area contributed by atoms with E-state index < -0.39 is 0 Å². The van der Waals surface area contributed by atoms with Crippen LogP contribution in [0, 0.1) is 17.3 Å². The summed E-state index contributed by atoms with van der Waals surface area (Å²) >= 11 is 5.10. The topological polar surface area (TPSA) is 29.3 Å². The minimum atomic E-state index is -0.000737. The quantitative estimate of drug-likeness (QED) is 0.769. The molecule has 0 aliphatic carbocycles. The van der Waals surface area contributed by atoms with E-state index in [0.29, 0.717) is 4.99 Å². The standard InChI is InChI=1S/C13H26N2S/c1-10-7-11(2)9-15(8-10)6-5-13(3,4)12(14)16/h10-11H,5-9H2,1-4H3,(H2,14,16). The van der Waals surface area contributed by atoms with Gasteiger partial charge in [-0.15, -0.1) is 0 Å². The zero-order valence-electron chi connectivity index (χ0n) is 11.1. The Morgan fingerprint density at radius 1 is 1.31 bits per heavy atom. The normalized spacial score (nSPS) is 28.0. The lowest BCUT2D eigenvalue weighted by atomic mass is 9.87. The molecular formula is C13H26N2S. The van der Waals surface area contributed by atoms with Crippen molar-refractivity contribution in [2.75, 3.05) is 19.6 Å². The van der Waals surface area contributed by atoms with Gasteiger partial charge in [0.05, 0.1) is 4.99 Å². The monoisotopic (exact) mass is 242 g/mol. The van der Waals surface area contributed by atoms with Crippen LogP contribution in [-0.2, 0) is 0 Å². The van der Waals surface area contributed by atoms with E-state index in [-0.39, 0.29) is 5.41 Å². The molecule has 16 heavy (non-hydrogen) atoms. The minimum absolute atomic E-state index is 0.000737. The Morgan fingerprint density at radius 3 is 2.25 bits per heavy atom. The molecule has 0 saturated carbocycles. The molecule has 1 heterocycles. The van der Waals surface area contributed by atoms with E-state index in [2.05, 4.69) is 32.6 Å². The Morgan fingerprint density at radius 2 is 1.81 bits per heavy atom. The SMILES string of the molecule is CC1CC(C)CN(CCC(C)(C)C(N)=S)C1. The van der Waals surface area contributed by atoms with Crippen LogP contribution in [0.25, 0.3) is 0 Å². The summed E-state index contributed by atoms with van der Waals surface area (Å²) in [6.07, 6.45) is 2.44. The van der Waals surface area contributed by atoms with Crippen molar-refractivity contribution in [2.24, 2.45) is 23.0 Å². The van der Waals surface area contributed by atoms with Gasteiger partial charge >= 0.3 is 0 Å². The molecule has 0 aromatic heterocycles. The Bertz CT molecular complexity index is 240. The number of piperidine rings is 1. The van der Waals surface area contributed by atoms with E-state index in [1.165, 1.54) is 19.5 Å². The molecule has 0 aromatic rings. The molecule has 2 N–H and O–H groups in total. The van der Waals surface area contributed by atoms with E-state index in [4.69, 9.17) is 18.0 Å². The third-order valence-electron chi connectivity index (χ3n) is 3.66. The van der Waals surface area contributed by atoms with Crippen LogP contribution in [0.15, 0.2) is 0 Å². The van der Waals surface area contributed by atoms with E-state index >= 15 is 0 Å². The van der Waals surface area contributed by atoms with Gasteiger partial charge < -0.3 is 10.6 Å². The molecule has 2 atom stereocenters. The van der Waals surface area contributed by atoms with Gasteiger partial charge in [0.15, 0.2) is 0 Å². The fraction of sp³-hybridized carbons (Fsp3) is 0.923. The highest BCUT2D eigenvalue weighted by atomic mass is 32.1. The van der Waals surface area contributed by atoms with Gasteiger partial charge in [-0.25, -0.2) is 0 Å². The molecule has 0 spiro atoms. The van der Waals surface area contributed by atoms with Crippen LogP contribution < -0.4 is 5.73 Å². The molecule has 1 fully saturated rings. The number of thiocarbonyl (C=S) groups is 1. The first-order chi connectivity index (χ1) is 7.31. The molecule has 1 rings (SSSR count). The third kappa shape index (κ3) is 4.02. The zero-order valence-corrected chi connectivity index (χ0v) is 11.9. The average Bonchev–Trinajstić information content (AvgIpc) is 2.13. The maximum Gasteiger partial charge on any atom is 0.0784 e. The first-order valence-corrected chi connectivity index (χ1v) is 6.74. The van der Waals surface area contributed by atoms with Crippen molar-refractivity contribution < 1.29 is 0 Å². The van der Waals surface area contributed by atoms with Gasteiger partial charge in [0.2, 0.25) is 0 Å². The van der Waals surface area contributed by atoms with Gasteiger partial charge in [-0.2, -0.15) is 0 Å². The van der Waals surface area contributed by atoms with Crippen LogP contribution in [0.1, 0.15) is 40.5 Å². The largest absolute Gasteiger partial charge is 0.393 e. The lowest BCUT2D eigenvalue weighted by molar-refractivity contribution is 0.131. The van der Waals surface area contributed by atoms with Crippen molar-refractivity contribution in [2.45, 2.75) is 40.5 Å². The summed E-state index contributed by atoms with van der Waals surface area (Å²) in [4.78, 5) is 3.21. The van der Waals surface area contributed by atoms with Crippen molar-refractivity contribution in [1.29, 1.82) is 0 Å². The van der Waals surface area contributed by atoms with Crippen LogP contribution >= 0.6 is 12.2 Å². The number of rotatable bonds is 4. The predicted molar refractivity (Wildman–Crippen MR) is 74.6 cm³/mol. The van der Waals surface area contributed by atoms with Gasteiger partial charge in [-0.3, -0.25) is 0 Å². The molecule has 1 saturated heterocycles. The molecule has 0 amide bonds. The molecule has 3 heteroatoms. The van der Waals surface area contributed by atoms with Crippen molar-refractivity contribution in [3.63, 3.8) is 0 Å². The first-order valence-electron chi connectivity index (χ1n) is 6.33. The lowest BCUT2D eigenvalue weighted by Gasteiger charge is -2.36. The molecule has 0 aromatic carbocycles. The summed E-state index contributed by atoms with van der Waals surface area (Å²) in [6.45, 7) is 12.6. The van der Waals surface area contributed by atoms with E-state index in [1.54, 1.807) is 0 Å². The summed E-state index contributed by atoms with van der Waals surface area (Å²) in [5, 5.41) is 0. The van der Waals surface area contributed by atoms with E-state index in [9.17, 15) is 0 Å². The van der Waals surface area contributed by atoms with Gasteiger partial charge in [-0.05, 0) is 31.2 Å². The third-order valence-corrected chi connectivity index (χ3v) is 4.22. The van der Waals surface area contributed by atoms with Gasteiger partial charge in [0.1, 0.15) is 0 Å². The first kappa shape index (κ1) is 13.9. The highest BCUT2D eigenvalue weighted by Crippen LogP contribution is 2.25. The molecule has 0 bridgehead atoms. The number of likely N-dealkylation sites (tertiary alicyclic amines) is 1. The molecule has 0 radical (unpaired) electrons. The van der Waals surface area contributed by atoms with Crippen LogP contribution in [0.4, 0.5) is 0 Å². The Hall–Kier alpha value is -0.150. The number of nitrogens with two attached hydrogens (primary N) is 1. The molecule has 1 aliphatic heterocycles. The van der Waals surface area contributed by atoms with Gasteiger partial charge in [0, 0.05) is 18.5 Å². The second kappa shape index (κ2) is 5.46. The van der Waals surface area contributed by atoms with Crippen LogP contribution in [-0.4, -0.2) is 29.5 Å². The Kier molecular flexibility index (Phi) is 4.74. The second-order valence-corrected chi connectivity index (χ2v) is 6.64. The van der Waals surface area contributed by atoms with E-state index in [0.717, 1.165) is 24.8 Å². The highest BCUT2D eigenvalue weighted by molar-refractivity contribution is 7.80. The minimum Gasteiger partial charge on any atom is -0.393 e. The van der Waals surface area contributed by atoms with Crippen LogP contribution in [0.2, 0.25) is 0 Å². The summed E-state index contributed by atoms with van der Waals surface area (Å²) in [6, 6.07) is 0. The summed E-state index contributed by atoms with van der Waals surface area (Å²) < 4.78 is 0.